The molecule has 4 saturated carbocycles. The van der Waals surface area contributed by atoms with Gasteiger partial charge in [-0.25, -0.2) is 0 Å². The number of hydrogen-bond donors (Lipinski definition) is 0. The van der Waals surface area contributed by atoms with Gasteiger partial charge in [0, 0.05) is 0 Å². The minimum atomic E-state index is 0.574. The summed E-state index contributed by atoms with van der Waals surface area (Å²) in [6.07, 6.45) is 36.2. The lowest BCUT2D eigenvalue weighted by atomic mass is 9.70. The van der Waals surface area contributed by atoms with E-state index in [4.69, 9.17) is 0 Å². The Hall–Kier alpha value is 0. The lowest BCUT2D eigenvalue weighted by molar-refractivity contribution is 0.140. The van der Waals surface area contributed by atoms with E-state index in [0.717, 1.165) is 65.1 Å². The maximum Gasteiger partial charge on any atom is -0.0292 e. The second-order valence-electron chi connectivity index (χ2n) is 18.2. The van der Waals surface area contributed by atoms with Crippen molar-refractivity contribution in [3.8, 4) is 0 Å². The van der Waals surface area contributed by atoms with E-state index in [0.29, 0.717) is 5.41 Å². The van der Waals surface area contributed by atoms with Crippen molar-refractivity contribution in [3.05, 3.63) is 0 Å². The Morgan fingerprint density at radius 1 is 0.651 bits per heavy atom. The first-order valence-electron chi connectivity index (χ1n) is 20.8. The molecule has 0 aromatic carbocycles. The third kappa shape index (κ3) is 9.75. The lowest BCUT2D eigenvalue weighted by Crippen LogP contribution is -2.27. The van der Waals surface area contributed by atoms with Gasteiger partial charge in [0.15, 0.2) is 0 Å². The minimum Gasteiger partial charge on any atom is -0.0651 e. The van der Waals surface area contributed by atoms with Crippen LogP contribution >= 0.6 is 0 Å². The summed E-state index contributed by atoms with van der Waals surface area (Å²) in [7, 11) is 0. The van der Waals surface area contributed by atoms with E-state index in [9.17, 15) is 0 Å². The monoisotopic (exact) mass is 597 g/mol. The molecule has 0 aromatic rings. The third-order valence-electron chi connectivity index (χ3n) is 15.2. The second-order valence-corrected chi connectivity index (χ2v) is 18.2. The fourth-order valence-electron chi connectivity index (χ4n) is 12.3. The van der Waals surface area contributed by atoms with Crippen LogP contribution in [0, 0.1) is 70.5 Å². The number of fused-ring (bicyclic) bond motifs is 1. The van der Waals surface area contributed by atoms with Crippen LogP contribution in [0.15, 0.2) is 0 Å². The Labute approximate surface area is 272 Å². The quantitative estimate of drug-likeness (QED) is 0.130. The molecule has 10 atom stereocenters. The van der Waals surface area contributed by atoms with Gasteiger partial charge in [-0.3, -0.25) is 0 Å². The summed E-state index contributed by atoms with van der Waals surface area (Å²) in [4.78, 5) is 0. The normalized spacial score (nSPS) is 35.8. The molecule has 0 aliphatic heterocycles. The van der Waals surface area contributed by atoms with Crippen LogP contribution in [0.25, 0.3) is 0 Å². The SMILES string of the molecule is CCC1C2CC(C(C)CCC3C(C)CCC3CCC(C)CCCCCCCCCC3CCCCC3)CC2C(C)(C)C1CC. The molecule has 0 N–H and O–H groups in total. The van der Waals surface area contributed by atoms with Gasteiger partial charge < -0.3 is 0 Å². The summed E-state index contributed by atoms with van der Waals surface area (Å²) in [5.41, 5.74) is 0.574. The molecule has 0 nitrogen and oxygen atoms in total. The van der Waals surface area contributed by atoms with Crippen LogP contribution in [0.3, 0.4) is 0 Å². The van der Waals surface area contributed by atoms with E-state index in [1.54, 1.807) is 12.8 Å². The summed E-state index contributed by atoms with van der Waals surface area (Å²) in [6.45, 7) is 18.1. The summed E-state index contributed by atoms with van der Waals surface area (Å²) in [6, 6.07) is 0. The number of rotatable bonds is 19. The maximum atomic E-state index is 2.66. The molecular formula is C43H80. The molecule has 10 unspecified atom stereocenters. The number of unbranched alkanes of at least 4 members (excludes halogenated alkanes) is 6. The minimum absolute atomic E-state index is 0.574. The molecule has 0 amide bonds. The van der Waals surface area contributed by atoms with Crippen molar-refractivity contribution in [2.45, 2.75) is 203 Å². The fraction of sp³-hybridized carbons (Fsp3) is 1.00. The van der Waals surface area contributed by atoms with E-state index in [-0.39, 0.29) is 0 Å². The standard InChI is InChI=1S/C43H80/c1-8-38-40-30-37(31-42(40)43(6,7)41(38)9-2)33(4)26-29-39-34(5)25-28-36(39)27-24-32(3)20-16-13-11-10-12-14-17-21-35-22-18-15-19-23-35/h32-42H,8-31H2,1-7H3. The third-order valence-corrected chi connectivity index (χ3v) is 15.2. The van der Waals surface area contributed by atoms with Crippen molar-refractivity contribution < 1.29 is 0 Å². The van der Waals surface area contributed by atoms with E-state index < -0.39 is 0 Å². The zero-order chi connectivity index (χ0) is 30.8. The summed E-state index contributed by atoms with van der Waals surface area (Å²) in [5, 5.41) is 0. The van der Waals surface area contributed by atoms with Crippen molar-refractivity contribution in [2.24, 2.45) is 70.5 Å². The van der Waals surface area contributed by atoms with Gasteiger partial charge in [0.25, 0.3) is 0 Å². The molecule has 0 heteroatoms. The Morgan fingerprint density at radius 3 is 2.05 bits per heavy atom. The van der Waals surface area contributed by atoms with E-state index in [1.807, 2.05) is 0 Å². The summed E-state index contributed by atoms with van der Waals surface area (Å²) >= 11 is 0. The fourth-order valence-corrected chi connectivity index (χ4v) is 12.3. The molecule has 43 heavy (non-hydrogen) atoms. The highest BCUT2D eigenvalue weighted by atomic mass is 14.6. The molecule has 0 radical (unpaired) electrons. The predicted octanol–water partition coefficient (Wildman–Crippen LogP) is 14.3. The zero-order valence-electron chi connectivity index (χ0n) is 30.8. The van der Waals surface area contributed by atoms with Crippen LogP contribution in [0.5, 0.6) is 0 Å². The van der Waals surface area contributed by atoms with Gasteiger partial charge in [-0.1, -0.05) is 170 Å². The van der Waals surface area contributed by atoms with Crippen LogP contribution in [-0.2, 0) is 0 Å². The maximum absolute atomic E-state index is 2.66. The summed E-state index contributed by atoms with van der Waals surface area (Å²) in [5.74, 6) is 11.1. The topological polar surface area (TPSA) is 0 Å². The highest BCUT2D eigenvalue weighted by Gasteiger charge is 2.57. The van der Waals surface area contributed by atoms with Crippen molar-refractivity contribution in [3.63, 3.8) is 0 Å². The Bertz CT molecular complexity index is 743. The molecule has 0 saturated heterocycles. The van der Waals surface area contributed by atoms with E-state index in [1.165, 1.54) is 141 Å². The molecule has 4 aliphatic carbocycles. The number of hydrogen-bond acceptors (Lipinski definition) is 0. The van der Waals surface area contributed by atoms with Gasteiger partial charge in [0.05, 0.1) is 0 Å². The molecular weight excluding hydrogens is 516 g/mol. The Kier molecular flexibility index (Phi) is 14.8. The smallest absolute Gasteiger partial charge is 0.0292 e. The first-order chi connectivity index (χ1) is 20.8. The molecule has 4 aliphatic rings. The highest BCUT2D eigenvalue weighted by molar-refractivity contribution is 5.05. The molecule has 0 aromatic heterocycles. The van der Waals surface area contributed by atoms with Gasteiger partial charge in [-0.05, 0) is 103 Å². The first-order valence-corrected chi connectivity index (χ1v) is 20.8. The average molecular weight is 597 g/mol. The van der Waals surface area contributed by atoms with Crippen LogP contribution in [0.1, 0.15) is 203 Å². The Balaban J connectivity index is 1.07. The molecule has 4 fully saturated rings. The lowest BCUT2D eigenvalue weighted by Gasteiger charge is -2.35. The predicted molar refractivity (Wildman–Crippen MR) is 191 cm³/mol. The van der Waals surface area contributed by atoms with Crippen LogP contribution in [0.4, 0.5) is 0 Å². The van der Waals surface area contributed by atoms with Crippen molar-refractivity contribution in [1.82, 2.24) is 0 Å². The van der Waals surface area contributed by atoms with Crippen molar-refractivity contribution in [2.75, 3.05) is 0 Å². The van der Waals surface area contributed by atoms with E-state index >= 15 is 0 Å². The van der Waals surface area contributed by atoms with Gasteiger partial charge >= 0.3 is 0 Å². The first kappa shape index (κ1) is 35.8. The zero-order valence-corrected chi connectivity index (χ0v) is 30.8. The van der Waals surface area contributed by atoms with Crippen molar-refractivity contribution in [1.29, 1.82) is 0 Å². The molecule has 0 spiro atoms. The van der Waals surface area contributed by atoms with Crippen LogP contribution in [0.2, 0.25) is 0 Å². The molecule has 4 rings (SSSR count). The van der Waals surface area contributed by atoms with Gasteiger partial charge in [0.2, 0.25) is 0 Å². The largest absolute Gasteiger partial charge is 0.0651 e. The van der Waals surface area contributed by atoms with Crippen LogP contribution in [-0.4, -0.2) is 0 Å². The molecule has 0 bridgehead atoms. The van der Waals surface area contributed by atoms with Gasteiger partial charge in [-0.2, -0.15) is 0 Å². The van der Waals surface area contributed by atoms with Crippen molar-refractivity contribution >= 4 is 0 Å². The van der Waals surface area contributed by atoms with E-state index in [2.05, 4.69) is 48.5 Å². The van der Waals surface area contributed by atoms with Gasteiger partial charge in [0.1, 0.15) is 0 Å². The summed E-state index contributed by atoms with van der Waals surface area (Å²) < 4.78 is 0. The Morgan fingerprint density at radius 2 is 1.35 bits per heavy atom. The molecule has 252 valence electrons. The van der Waals surface area contributed by atoms with Crippen LogP contribution < -0.4 is 0 Å². The second kappa shape index (κ2) is 17.8. The average Bonchev–Trinajstić information content (AvgIpc) is 3.66. The molecule has 0 heterocycles. The highest BCUT2D eigenvalue weighted by Crippen LogP contribution is 2.64. The van der Waals surface area contributed by atoms with Gasteiger partial charge in [-0.15, -0.1) is 0 Å².